The van der Waals surface area contributed by atoms with Gasteiger partial charge >= 0.3 is 0 Å². The van der Waals surface area contributed by atoms with E-state index in [1.54, 1.807) is 12.1 Å². The van der Waals surface area contributed by atoms with Gasteiger partial charge in [-0.1, -0.05) is 0 Å². The van der Waals surface area contributed by atoms with Crippen LogP contribution in [0.3, 0.4) is 0 Å². The maximum atomic E-state index is 8.48. The molecule has 0 saturated heterocycles. The molecule has 1 aromatic rings. The number of nitrogens with two attached hydrogens (primary N) is 2. The maximum absolute atomic E-state index is 8.48. The molecule has 1 rings (SSSR count). The van der Waals surface area contributed by atoms with Crippen LogP contribution in [0, 0.1) is 11.3 Å². The minimum Gasteiger partial charge on any atom is -0.329 e. The number of nitriles is 1. The topological polar surface area (TPSA) is 88.7 Å². The molecule has 4 nitrogen and oxygen atoms in total. The van der Waals surface area contributed by atoms with Crippen molar-refractivity contribution < 1.29 is 0 Å². The minimum atomic E-state index is -0.238. The van der Waals surface area contributed by atoms with E-state index in [9.17, 15) is 0 Å². The van der Waals surface area contributed by atoms with E-state index >= 15 is 0 Å². The molecule has 12 heavy (non-hydrogen) atoms. The Morgan fingerprint density at radius 3 is 2.75 bits per heavy atom. The van der Waals surface area contributed by atoms with Gasteiger partial charge in [0.25, 0.3) is 0 Å². The molecule has 0 aliphatic carbocycles. The largest absolute Gasteiger partial charge is 0.329 e. The van der Waals surface area contributed by atoms with E-state index in [0.717, 1.165) is 5.69 Å². The fraction of sp³-hybridized carbons (Fsp3) is 0.250. The Kier molecular flexibility index (Phi) is 2.75. The van der Waals surface area contributed by atoms with Crippen molar-refractivity contribution in [2.45, 2.75) is 6.04 Å². The summed E-state index contributed by atoms with van der Waals surface area (Å²) in [6, 6.07) is 5.14. The quantitative estimate of drug-likeness (QED) is 0.636. The third-order valence-corrected chi connectivity index (χ3v) is 1.55. The molecule has 4 N–H and O–H groups in total. The average molecular weight is 162 g/mol. The van der Waals surface area contributed by atoms with Gasteiger partial charge in [0.05, 0.1) is 17.3 Å². The molecular weight excluding hydrogens is 152 g/mol. The monoisotopic (exact) mass is 162 g/mol. The maximum Gasteiger partial charge on any atom is 0.101 e. The molecule has 0 aliphatic rings. The van der Waals surface area contributed by atoms with Crippen LogP contribution in [-0.2, 0) is 0 Å². The predicted octanol–water partition coefficient (Wildman–Crippen LogP) is -0.0882. The van der Waals surface area contributed by atoms with Gasteiger partial charge in [0.2, 0.25) is 0 Å². The smallest absolute Gasteiger partial charge is 0.101 e. The van der Waals surface area contributed by atoms with Crippen molar-refractivity contribution in [3.05, 3.63) is 29.6 Å². The molecule has 0 radical (unpaired) electrons. The summed E-state index contributed by atoms with van der Waals surface area (Å²) < 4.78 is 0. The summed E-state index contributed by atoms with van der Waals surface area (Å²) in [6.07, 6.45) is 1.49. The molecular formula is C8H10N4. The summed E-state index contributed by atoms with van der Waals surface area (Å²) in [5.74, 6) is 0. The number of rotatable bonds is 2. The van der Waals surface area contributed by atoms with Gasteiger partial charge in [0, 0.05) is 12.7 Å². The number of hydrogen-bond acceptors (Lipinski definition) is 4. The predicted molar refractivity (Wildman–Crippen MR) is 44.9 cm³/mol. The zero-order valence-electron chi connectivity index (χ0n) is 6.57. The summed E-state index contributed by atoms with van der Waals surface area (Å²) >= 11 is 0. The first-order chi connectivity index (χ1) is 5.77. The van der Waals surface area contributed by atoms with Gasteiger partial charge in [0.15, 0.2) is 0 Å². The SMILES string of the molecule is N#Cc1ccc([C@H](N)CN)nc1. The second-order valence-corrected chi connectivity index (χ2v) is 2.43. The normalized spacial score (nSPS) is 12.1. The van der Waals surface area contributed by atoms with E-state index in [1.165, 1.54) is 6.20 Å². The van der Waals surface area contributed by atoms with Crippen molar-refractivity contribution in [1.29, 1.82) is 5.26 Å². The van der Waals surface area contributed by atoms with Gasteiger partial charge in [0.1, 0.15) is 6.07 Å². The molecule has 0 aromatic carbocycles. The van der Waals surface area contributed by atoms with Crippen molar-refractivity contribution in [1.82, 2.24) is 4.98 Å². The molecule has 0 unspecified atom stereocenters. The number of aromatic nitrogens is 1. The van der Waals surface area contributed by atoms with E-state index in [2.05, 4.69) is 4.98 Å². The summed E-state index contributed by atoms with van der Waals surface area (Å²) in [7, 11) is 0. The van der Waals surface area contributed by atoms with Crippen LogP contribution in [0.4, 0.5) is 0 Å². The summed E-state index contributed by atoms with van der Waals surface area (Å²) in [4.78, 5) is 3.99. The first-order valence-corrected chi connectivity index (χ1v) is 3.59. The van der Waals surface area contributed by atoms with Gasteiger partial charge in [-0.2, -0.15) is 5.26 Å². The lowest BCUT2D eigenvalue weighted by Crippen LogP contribution is -2.21. The molecule has 0 fully saturated rings. The highest BCUT2D eigenvalue weighted by atomic mass is 14.8. The molecule has 0 bridgehead atoms. The second-order valence-electron chi connectivity index (χ2n) is 2.43. The third-order valence-electron chi connectivity index (χ3n) is 1.55. The van der Waals surface area contributed by atoms with Crippen LogP contribution < -0.4 is 11.5 Å². The molecule has 62 valence electrons. The molecule has 1 heterocycles. The Balaban J connectivity index is 2.86. The molecule has 0 spiro atoms. The van der Waals surface area contributed by atoms with Crippen LogP contribution in [0.15, 0.2) is 18.3 Å². The number of hydrogen-bond donors (Lipinski definition) is 2. The standard InChI is InChI=1S/C8H10N4/c9-3-6-1-2-8(12-5-6)7(11)4-10/h1-2,5,7H,4,10-11H2/t7-/m1/s1. The Labute approximate surface area is 70.8 Å². The fourth-order valence-electron chi connectivity index (χ4n) is 0.812. The van der Waals surface area contributed by atoms with E-state index in [0.29, 0.717) is 12.1 Å². The molecule has 0 amide bonds. The second kappa shape index (κ2) is 3.81. The van der Waals surface area contributed by atoms with Gasteiger partial charge in [-0.15, -0.1) is 0 Å². The fourth-order valence-corrected chi connectivity index (χ4v) is 0.812. The van der Waals surface area contributed by atoms with Crippen LogP contribution in [-0.4, -0.2) is 11.5 Å². The summed E-state index contributed by atoms with van der Waals surface area (Å²) in [5.41, 5.74) is 12.2. The minimum absolute atomic E-state index is 0.238. The third kappa shape index (κ3) is 1.78. The van der Waals surface area contributed by atoms with E-state index in [1.807, 2.05) is 6.07 Å². The molecule has 1 atom stereocenters. The van der Waals surface area contributed by atoms with Crippen LogP contribution >= 0.6 is 0 Å². The van der Waals surface area contributed by atoms with E-state index < -0.39 is 0 Å². The van der Waals surface area contributed by atoms with Crippen molar-refractivity contribution in [2.75, 3.05) is 6.54 Å². The Morgan fingerprint density at radius 2 is 2.33 bits per heavy atom. The lowest BCUT2D eigenvalue weighted by molar-refractivity contribution is 0.711. The highest BCUT2D eigenvalue weighted by Gasteiger charge is 2.03. The first kappa shape index (κ1) is 8.65. The van der Waals surface area contributed by atoms with Crippen LogP contribution in [0.5, 0.6) is 0 Å². The molecule has 4 heteroatoms. The van der Waals surface area contributed by atoms with Crippen molar-refractivity contribution in [3.8, 4) is 6.07 Å². The zero-order chi connectivity index (χ0) is 8.97. The van der Waals surface area contributed by atoms with Crippen molar-refractivity contribution >= 4 is 0 Å². The number of nitrogens with zero attached hydrogens (tertiary/aromatic N) is 2. The van der Waals surface area contributed by atoms with Crippen LogP contribution in [0.25, 0.3) is 0 Å². The van der Waals surface area contributed by atoms with Crippen molar-refractivity contribution in [2.24, 2.45) is 11.5 Å². The van der Waals surface area contributed by atoms with Gasteiger partial charge in [-0.05, 0) is 12.1 Å². The Hall–Kier alpha value is -1.44. The highest BCUT2D eigenvalue weighted by Crippen LogP contribution is 2.05. The zero-order valence-corrected chi connectivity index (χ0v) is 6.57. The summed E-state index contributed by atoms with van der Waals surface area (Å²) in [5, 5.41) is 8.48. The highest BCUT2D eigenvalue weighted by molar-refractivity contribution is 5.27. The van der Waals surface area contributed by atoms with E-state index in [4.69, 9.17) is 16.7 Å². The first-order valence-electron chi connectivity index (χ1n) is 3.59. The Bertz CT molecular complexity index is 285. The average Bonchev–Trinajstić information content (AvgIpc) is 2.17. The number of pyridine rings is 1. The molecule has 0 aliphatic heterocycles. The van der Waals surface area contributed by atoms with Gasteiger partial charge in [-0.25, -0.2) is 0 Å². The molecule has 1 aromatic heterocycles. The Morgan fingerprint density at radius 1 is 1.58 bits per heavy atom. The lowest BCUT2D eigenvalue weighted by atomic mass is 10.2. The summed E-state index contributed by atoms with van der Waals surface area (Å²) in [6.45, 7) is 0.360. The van der Waals surface area contributed by atoms with E-state index in [-0.39, 0.29) is 6.04 Å². The molecule has 0 saturated carbocycles. The van der Waals surface area contributed by atoms with Gasteiger partial charge in [-0.3, -0.25) is 4.98 Å². The van der Waals surface area contributed by atoms with Crippen LogP contribution in [0.2, 0.25) is 0 Å². The van der Waals surface area contributed by atoms with Crippen LogP contribution in [0.1, 0.15) is 17.3 Å². The van der Waals surface area contributed by atoms with Crippen molar-refractivity contribution in [3.63, 3.8) is 0 Å². The lowest BCUT2D eigenvalue weighted by Gasteiger charge is -2.06. The van der Waals surface area contributed by atoms with Gasteiger partial charge < -0.3 is 11.5 Å².